The predicted molar refractivity (Wildman–Crippen MR) is 76.9 cm³/mol. The molecule has 0 spiro atoms. The Morgan fingerprint density at radius 1 is 1.48 bits per heavy atom. The number of hydrogen-bond donors (Lipinski definition) is 1. The van der Waals surface area contributed by atoms with Crippen LogP contribution in [-0.4, -0.2) is 49.6 Å². The summed E-state index contributed by atoms with van der Waals surface area (Å²) in [6.07, 6.45) is -0.301. The number of aryl methyl sites for hydroxylation is 1. The average Bonchev–Trinajstić information content (AvgIpc) is 2.86. The summed E-state index contributed by atoms with van der Waals surface area (Å²) in [7, 11) is -2.51. The van der Waals surface area contributed by atoms with Crippen LogP contribution in [0, 0.1) is 6.92 Å². The summed E-state index contributed by atoms with van der Waals surface area (Å²) in [5, 5.41) is 9.53. The second-order valence-electron chi connectivity index (χ2n) is 4.93. The number of carboxylic acid groups (broad SMARTS) is 1. The van der Waals surface area contributed by atoms with E-state index in [1.807, 2.05) is 0 Å². The van der Waals surface area contributed by atoms with Crippen LogP contribution in [0.15, 0.2) is 23.1 Å². The molecule has 1 aromatic rings. The van der Waals surface area contributed by atoms with E-state index in [4.69, 9.17) is 16.3 Å². The molecule has 6 nitrogen and oxygen atoms in total. The Hall–Kier alpha value is -1.15. The molecular formula is C13H16ClNO5S. The molecule has 0 saturated carbocycles. The standard InChI is InChI=1S/C13H16ClNO5S/c1-8-3-4-9(14)5-12(8)21(18,19)15-7-10(20-2)6-11(15)13(16)17/h3-5,10-11H,6-7H2,1-2H3,(H,16,17). The maximum Gasteiger partial charge on any atom is 0.322 e. The molecule has 0 aliphatic carbocycles. The summed E-state index contributed by atoms with van der Waals surface area (Å²) in [5.41, 5.74) is 0.518. The van der Waals surface area contributed by atoms with Crippen molar-refractivity contribution in [2.45, 2.75) is 30.4 Å². The van der Waals surface area contributed by atoms with Gasteiger partial charge in [0.25, 0.3) is 0 Å². The monoisotopic (exact) mass is 333 g/mol. The van der Waals surface area contributed by atoms with Crippen LogP contribution in [0.3, 0.4) is 0 Å². The smallest absolute Gasteiger partial charge is 0.322 e. The largest absolute Gasteiger partial charge is 0.480 e. The fraction of sp³-hybridized carbons (Fsp3) is 0.462. The van der Waals surface area contributed by atoms with Gasteiger partial charge in [-0.2, -0.15) is 4.31 Å². The van der Waals surface area contributed by atoms with Crippen LogP contribution >= 0.6 is 11.6 Å². The van der Waals surface area contributed by atoms with Gasteiger partial charge in [-0.3, -0.25) is 4.79 Å². The third kappa shape index (κ3) is 3.06. The third-order valence-electron chi connectivity index (χ3n) is 3.57. The van der Waals surface area contributed by atoms with Gasteiger partial charge in [0, 0.05) is 25.1 Å². The van der Waals surface area contributed by atoms with Crippen molar-refractivity contribution in [1.29, 1.82) is 0 Å². The first-order valence-corrected chi connectivity index (χ1v) is 8.12. The summed E-state index contributed by atoms with van der Waals surface area (Å²) >= 11 is 5.86. The molecule has 1 saturated heterocycles. The summed E-state index contributed by atoms with van der Waals surface area (Å²) in [6, 6.07) is 3.39. The van der Waals surface area contributed by atoms with Crippen LogP contribution in [0.2, 0.25) is 5.02 Å². The zero-order valence-electron chi connectivity index (χ0n) is 11.6. The minimum absolute atomic E-state index is 0.0156. The van der Waals surface area contributed by atoms with E-state index in [2.05, 4.69) is 0 Å². The van der Waals surface area contributed by atoms with Gasteiger partial charge < -0.3 is 9.84 Å². The Labute approximate surface area is 128 Å². The lowest BCUT2D eigenvalue weighted by molar-refractivity contribution is -0.140. The topological polar surface area (TPSA) is 83.9 Å². The lowest BCUT2D eigenvalue weighted by atomic mass is 10.2. The Balaban J connectivity index is 2.47. The molecule has 0 aromatic heterocycles. The van der Waals surface area contributed by atoms with Crippen LogP contribution in [0.4, 0.5) is 0 Å². The number of carboxylic acids is 1. The molecule has 2 atom stereocenters. The van der Waals surface area contributed by atoms with Crippen molar-refractivity contribution in [2.75, 3.05) is 13.7 Å². The van der Waals surface area contributed by atoms with Crippen LogP contribution in [-0.2, 0) is 19.6 Å². The van der Waals surface area contributed by atoms with E-state index in [1.54, 1.807) is 19.1 Å². The van der Waals surface area contributed by atoms with Crippen molar-refractivity contribution in [3.8, 4) is 0 Å². The number of sulfonamides is 1. The van der Waals surface area contributed by atoms with Crippen LogP contribution in [0.1, 0.15) is 12.0 Å². The third-order valence-corrected chi connectivity index (χ3v) is 5.82. The minimum atomic E-state index is -3.94. The van der Waals surface area contributed by atoms with Crippen molar-refractivity contribution in [2.24, 2.45) is 0 Å². The van der Waals surface area contributed by atoms with Gasteiger partial charge in [-0.25, -0.2) is 8.42 Å². The molecule has 0 amide bonds. The van der Waals surface area contributed by atoms with Gasteiger partial charge in [0.15, 0.2) is 0 Å². The number of nitrogens with zero attached hydrogens (tertiary/aromatic N) is 1. The van der Waals surface area contributed by atoms with Crippen molar-refractivity contribution in [3.05, 3.63) is 28.8 Å². The predicted octanol–water partition coefficient (Wildman–Crippen LogP) is 1.51. The highest BCUT2D eigenvalue weighted by Crippen LogP contribution is 2.30. The van der Waals surface area contributed by atoms with Gasteiger partial charge in [-0.1, -0.05) is 17.7 Å². The number of carbonyl (C=O) groups is 1. The molecule has 116 valence electrons. The van der Waals surface area contributed by atoms with E-state index >= 15 is 0 Å². The van der Waals surface area contributed by atoms with E-state index in [0.29, 0.717) is 5.56 Å². The first-order valence-electron chi connectivity index (χ1n) is 6.31. The summed E-state index contributed by atoms with van der Waals surface area (Å²) in [6.45, 7) is 1.66. The molecular weight excluding hydrogens is 318 g/mol. The van der Waals surface area contributed by atoms with Crippen molar-refractivity contribution in [1.82, 2.24) is 4.31 Å². The molecule has 0 radical (unpaired) electrons. The SMILES string of the molecule is COC1CC(C(=O)O)N(S(=O)(=O)c2cc(Cl)ccc2C)C1. The molecule has 1 N–H and O–H groups in total. The van der Waals surface area contributed by atoms with Crippen LogP contribution in [0.5, 0.6) is 0 Å². The molecule has 2 unspecified atom stereocenters. The zero-order valence-corrected chi connectivity index (χ0v) is 13.2. The van der Waals surface area contributed by atoms with Gasteiger partial charge in [0.05, 0.1) is 11.0 Å². The molecule has 1 aliphatic rings. The number of halogens is 1. The lowest BCUT2D eigenvalue weighted by Gasteiger charge is -2.22. The average molecular weight is 334 g/mol. The molecule has 2 rings (SSSR count). The maximum absolute atomic E-state index is 12.7. The second-order valence-corrected chi connectivity index (χ2v) is 7.23. The number of aliphatic carboxylic acids is 1. The van der Waals surface area contributed by atoms with Crippen molar-refractivity contribution in [3.63, 3.8) is 0 Å². The molecule has 1 aliphatic heterocycles. The first kappa shape index (κ1) is 16.2. The lowest BCUT2D eigenvalue weighted by Crippen LogP contribution is -2.40. The molecule has 21 heavy (non-hydrogen) atoms. The number of benzene rings is 1. The highest BCUT2D eigenvalue weighted by atomic mass is 35.5. The van der Waals surface area contributed by atoms with E-state index < -0.39 is 28.1 Å². The Morgan fingerprint density at radius 3 is 2.71 bits per heavy atom. The quantitative estimate of drug-likeness (QED) is 0.903. The second kappa shape index (κ2) is 5.92. The van der Waals surface area contributed by atoms with E-state index in [0.717, 1.165) is 4.31 Å². The number of methoxy groups -OCH3 is 1. The molecule has 1 aromatic carbocycles. The van der Waals surface area contributed by atoms with Crippen LogP contribution in [0.25, 0.3) is 0 Å². The Morgan fingerprint density at radius 2 is 2.14 bits per heavy atom. The van der Waals surface area contributed by atoms with Gasteiger partial charge in [0.1, 0.15) is 6.04 Å². The van der Waals surface area contributed by atoms with Gasteiger partial charge in [-0.15, -0.1) is 0 Å². The summed E-state index contributed by atoms with van der Waals surface area (Å²) in [5.74, 6) is -1.18. The molecule has 0 bridgehead atoms. The molecule has 1 fully saturated rings. The fourth-order valence-corrected chi connectivity index (χ4v) is 4.52. The summed E-state index contributed by atoms with van der Waals surface area (Å²) in [4.78, 5) is 11.3. The van der Waals surface area contributed by atoms with E-state index in [-0.39, 0.29) is 22.9 Å². The van der Waals surface area contributed by atoms with Gasteiger partial charge in [0.2, 0.25) is 10.0 Å². The number of ether oxygens (including phenoxy) is 1. The maximum atomic E-state index is 12.7. The highest BCUT2D eigenvalue weighted by molar-refractivity contribution is 7.89. The molecule has 8 heteroatoms. The van der Waals surface area contributed by atoms with E-state index in [9.17, 15) is 18.3 Å². The van der Waals surface area contributed by atoms with Crippen molar-refractivity contribution < 1.29 is 23.1 Å². The zero-order chi connectivity index (χ0) is 15.8. The minimum Gasteiger partial charge on any atom is -0.480 e. The normalized spacial score (nSPS) is 23.4. The van der Waals surface area contributed by atoms with Crippen molar-refractivity contribution >= 4 is 27.6 Å². The fourth-order valence-electron chi connectivity index (χ4n) is 2.41. The first-order chi connectivity index (χ1) is 9.77. The Bertz CT molecular complexity index is 661. The summed E-state index contributed by atoms with van der Waals surface area (Å²) < 4.78 is 31.6. The van der Waals surface area contributed by atoms with Gasteiger partial charge >= 0.3 is 5.97 Å². The van der Waals surface area contributed by atoms with Gasteiger partial charge in [-0.05, 0) is 24.6 Å². The molecule has 1 heterocycles. The van der Waals surface area contributed by atoms with Crippen LogP contribution < -0.4 is 0 Å². The van der Waals surface area contributed by atoms with E-state index in [1.165, 1.54) is 13.2 Å². The number of hydrogen-bond acceptors (Lipinski definition) is 4. The highest BCUT2D eigenvalue weighted by Gasteiger charge is 2.44. The number of rotatable bonds is 4. The Kier molecular flexibility index (Phi) is 4.57.